The number of hydrogen-bond donors (Lipinski definition) is 1. The topological polar surface area (TPSA) is 12.0 Å². The van der Waals surface area contributed by atoms with Crippen LogP contribution in [0.1, 0.15) is 66.8 Å². The lowest BCUT2D eigenvalue weighted by atomic mass is 10.0. The van der Waals surface area contributed by atoms with E-state index in [-0.39, 0.29) is 11.1 Å². The van der Waals surface area contributed by atoms with Gasteiger partial charge in [0.15, 0.2) is 0 Å². The predicted molar refractivity (Wildman–Crippen MR) is 84.3 cm³/mol. The van der Waals surface area contributed by atoms with Crippen molar-refractivity contribution in [1.29, 1.82) is 0 Å². The fourth-order valence-corrected chi connectivity index (χ4v) is 1.76. The third kappa shape index (κ3) is 3.60. The summed E-state index contributed by atoms with van der Waals surface area (Å²) in [5.41, 5.74) is 0.966. The van der Waals surface area contributed by atoms with Gasteiger partial charge < -0.3 is 5.32 Å². The average molecular weight is 265 g/mol. The Morgan fingerprint density at radius 2 is 1.26 bits per heavy atom. The smallest absolute Gasteiger partial charge is 0.0387 e. The van der Waals surface area contributed by atoms with Crippen molar-refractivity contribution < 1.29 is 16.4 Å². The Balaban J connectivity index is 2.41. The summed E-state index contributed by atoms with van der Waals surface area (Å²) in [5.74, 6) is -3.35. The Labute approximate surface area is 133 Å². The Morgan fingerprint density at radius 1 is 0.789 bits per heavy atom. The Bertz CT molecular complexity index is 790. The van der Waals surface area contributed by atoms with E-state index >= 15 is 0 Å². The first-order chi connectivity index (χ1) is 13.9. The highest BCUT2D eigenvalue weighted by Crippen LogP contribution is 2.24. The normalized spacial score (nSPS) is 23.1. The van der Waals surface area contributed by atoms with Crippen LogP contribution in [0.15, 0.2) is 48.5 Å². The van der Waals surface area contributed by atoms with Crippen LogP contribution in [0, 0.1) is 0 Å². The fourth-order valence-electron chi connectivity index (χ4n) is 1.76. The van der Waals surface area contributed by atoms with Crippen LogP contribution in [0.2, 0.25) is 0 Å². The van der Waals surface area contributed by atoms with Crippen LogP contribution in [-0.4, -0.2) is 0 Å². The van der Waals surface area contributed by atoms with Crippen LogP contribution in [0.5, 0.6) is 0 Å². The number of hydrogen-bond acceptors (Lipinski definition) is 1. The van der Waals surface area contributed by atoms with Crippen molar-refractivity contribution in [2.75, 3.05) is 5.32 Å². The molecule has 1 N–H and O–H groups in total. The summed E-state index contributed by atoms with van der Waals surface area (Å²) in [6.07, 6.45) is 0. The lowest BCUT2D eigenvalue weighted by Gasteiger charge is -2.12. The van der Waals surface area contributed by atoms with Gasteiger partial charge in [0.05, 0.1) is 0 Å². The van der Waals surface area contributed by atoms with Crippen LogP contribution in [-0.2, 0) is 0 Å². The second-order valence-corrected chi connectivity index (χ2v) is 4.24. The molecule has 0 aliphatic carbocycles. The zero-order chi connectivity index (χ0) is 23.8. The molecule has 100 valence electrons. The summed E-state index contributed by atoms with van der Waals surface area (Å²) >= 11 is 0. The molecule has 19 heavy (non-hydrogen) atoms. The minimum Gasteiger partial charge on any atom is -0.356 e. The van der Waals surface area contributed by atoms with Crippen LogP contribution < -0.4 is 5.32 Å². The third-order valence-corrected chi connectivity index (χ3v) is 2.73. The third-order valence-electron chi connectivity index (χ3n) is 2.73. The van der Waals surface area contributed by atoms with Gasteiger partial charge in [-0.3, -0.25) is 0 Å². The zero-order valence-electron chi connectivity index (χ0n) is 22.3. The van der Waals surface area contributed by atoms with E-state index < -0.39 is 39.2 Å². The summed E-state index contributed by atoms with van der Waals surface area (Å²) in [4.78, 5) is 0. The molecule has 0 bridgehead atoms. The highest BCUT2D eigenvalue weighted by atomic mass is 14.9. The molecule has 0 saturated heterocycles. The van der Waals surface area contributed by atoms with Gasteiger partial charge in [-0.05, 0) is 47.2 Å². The van der Waals surface area contributed by atoms with Crippen molar-refractivity contribution in [2.45, 2.75) is 39.2 Å². The summed E-state index contributed by atoms with van der Waals surface area (Å²) in [6.45, 7) is -11.0. The molecule has 0 heterocycles. The van der Waals surface area contributed by atoms with Gasteiger partial charge in [0.25, 0.3) is 0 Å². The lowest BCUT2D eigenvalue weighted by molar-refractivity contribution is 0.866. The van der Waals surface area contributed by atoms with Crippen LogP contribution >= 0.6 is 0 Å². The first kappa shape index (κ1) is 4.97. The van der Waals surface area contributed by atoms with Crippen molar-refractivity contribution in [2.24, 2.45) is 0 Å². The van der Waals surface area contributed by atoms with Gasteiger partial charge in [-0.2, -0.15) is 0 Å². The highest BCUT2D eigenvalue weighted by molar-refractivity contribution is 5.61. The molecule has 0 aromatic heterocycles. The molecule has 2 aromatic rings. The predicted octanol–water partition coefficient (Wildman–Crippen LogP) is 5.68. The van der Waals surface area contributed by atoms with Gasteiger partial charge in [0.2, 0.25) is 0 Å². The summed E-state index contributed by atoms with van der Waals surface area (Å²) < 4.78 is 91.3. The van der Waals surface area contributed by atoms with Crippen molar-refractivity contribution in [3.05, 3.63) is 59.7 Å². The van der Waals surface area contributed by atoms with Gasteiger partial charge >= 0.3 is 0 Å². The molecule has 0 spiro atoms. The Morgan fingerprint density at radius 3 is 1.68 bits per heavy atom. The molecule has 0 radical (unpaired) electrons. The second-order valence-electron chi connectivity index (χ2n) is 4.24. The van der Waals surface area contributed by atoms with Crippen LogP contribution in [0.25, 0.3) is 0 Å². The maximum Gasteiger partial charge on any atom is 0.0387 e. The Kier molecular flexibility index (Phi) is 1.55. The van der Waals surface area contributed by atoms with E-state index in [2.05, 4.69) is 5.32 Å². The van der Waals surface area contributed by atoms with E-state index in [1.54, 1.807) is 12.1 Å². The van der Waals surface area contributed by atoms with E-state index in [1.165, 1.54) is 36.4 Å². The molecule has 1 nitrogen and oxygen atoms in total. The molecule has 2 rings (SSSR count). The van der Waals surface area contributed by atoms with Gasteiger partial charge in [-0.15, -0.1) is 0 Å². The molecule has 0 atom stereocenters. The highest BCUT2D eigenvalue weighted by Gasteiger charge is 2.03. The molecule has 2 aromatic carbocycles. The lowest BCUT2D eigenvalue weighted by Crippen LogP contribution is -1.95. The molecule has 0 aliphatic rings. The number of benzene rings is 2. The van der Waals surface area contributed by atoms with Gasteiger partial charge in [0.1, 0.15) is 0 Å². The summed E-state index contributed by atoms with van der Waals surface area (Å²) in [7, 11) is 0. The summed E-state index contributed by atoms with van der Waals surface area (Å²) in [5, 5.41) is 2.97. The van der Waals surface area contributed by atoms with Crippen LogP contribution in [0.3, 0.4) is 0 Å². The molecule has 0 fully saturated rings. The molecule has 0 saturated carbocycles. The van der Waals surface area contributed by atoms with Crippen molar-refractivity contribution >= 4 is 11.4 Å². The maximum absolute atomic E-state index is 7.61. The monoisotopic (exact) mass is 265 g/mol. The van der Waals surface area contributed by atoms with Gasteiger partial charge in [-0.25, -0.2) is 0 Å². The standard InChI is InChI=1S/C18H23N/c1-13(2)15-7-5-9-17(11-15)19-18-10-6-8-16(12-18)14(3)4/h5-14,19H,1-4H3/i1D3,2D3,3D3,4D3. The largest absolute Gasteiger partial charge is 0.356 e. The molecule has 0 amide bonds. The van der Waals surface area contributed by atoms with E-state index in [0.29, 0.717) is 11.4 Å². The maximum atomic E-state index is 7.61. The number of nitrogens with one attached hydrogen (secondary N) is 1. The number of anilines is 2. The first-order valence-electron chi connectivity index (χ1n) is 11.9. The fraction of sp³-hybridized carbons (Fsp3) is 0.333. The quantitative estimate of drug-likeness (QED) is 0.750. The van der Waals surface area contributed by atoms with E-state index in [4.69, 9.17) is 16.4 Å². The number of rotatable bonds is 4. The minimum absolute atomic E-state index is 0.101. The molecule has 0 unspecified atom stereocenters. The van der Waals surface area contributed by atoms with E-state index in [1.807, 2.05) is 0 Å². The summed E-state index contributed by atoms with van der Waals surface area (Å²) in [6, 6.07) is 11.9. The molecule has 1 heteroatoms. The van der Waals surface area contributed by atoms with E-state index in [9.17, 15) is 0 Å². The first-order valence-corrected chi connectivity index (χ1v) is 5.87. The van der Waals surface area contributed by atoms with Crippen molar-refractivity contribution in [1.82, 2.24) is 0 Å². The van der Waals surface area contributed by atoms with E-state index in [0.717, 1.165) is 0 Å². The van der Waals surface area contributed by atoms with Crippen LogP contribution in [0.4, 0.5) is 11.4 Å². The SMILES string of the molecule is [2H]C([2H])([2H])C(c1cccc(Nc2cccc(C(C([2H])([2H])[2H])C([2H])([2H])[2H])c2)c1)C([2H])([2H])[2H]. The molecular weight excluding hydrogens is 230 g/mol. The zero-order valence-corrected chi connectivity index (χ0v) is 10.3. The molecule has 0 aliphatic heterocycles. The second kappa shape index (κ2) is 5.92. The Hall–Kier alpha value is -1.76. The minimum atomic E-state index is -2.74. The van der Waals surface area contributed by atoms with Gasteiger partial charge in [-0.1, -0.05) is 51.7 Å². The molecular formula is C18H23N. The average Bonchev–Trinajstić information content (AvgIpc) is 2.49. The van der Waals surface area contributed by atoms with Gasteiger partial charge in [0, 0.05) is 27.8 Å². The van der Waals surface area contributed by atoms with Crippen molar-refractivity contribution in [3.8, 4) is 0 Å². The van der Waals surface area contributed by atoms with Crippen molar-refractivity contribution in [3.63, 3.8) is 0 Å².